The van der Waals surface area contributed by atoms with Crippen molar-refractivity contribution in [2.75, 3.05) is 19.8 Å². The lowest BCUT2D eigenvalue weighted by atomic mass is 10.0. The van der Waals surface area contributed by atoms with E-state index in [0.29, 0.717) is 13.0 Å². The van der Waals surface area contributed by atoms with Gasteiger partial charge >= 0.3 is 11.9 Å². The Morgan fingerprint density at radius 1 is 0.364 bits per heavy atom. The van der Waals surface area contributed by atoms with Crippen LogP contribution in [0.15, 0.2) is 134 Å². The molecule has 372 valence electrons. The van der Waals surface area contributed by atoms with Crippen LogP contribution in [0.5, 0.6) is 0 Å². The Morgan fingerprint density at radius 3 is 1.08 bits per heavy atom. The lowest BCUT2D eigenvalue weighted by Gasteiger charge is -2.18. The van der Waals surface area contributed by atoms with E-state index in [9.17, 15) is 9.59 Å². The highest BCUT2D eigenvalue weighted by atomic mass is 16.6. The first kappa shape index (κ1) is 62.0. The third-order valence-electron chi connectivity index (χ3n) is 10.7. The first-order valence-corrected chi connectivity index (χ1v) is 26.7. The zero-order chi connectivity index (χ0) is 47.7. The molecule has 0 saturated heterocycles. The monoisotopic (exact) mass is 911 g/mol. The minimum absolute atomic E-state index is 0.00104. The van der Waals surface area contributed by atoms with Gasteiger partial charge < -0.3 is 14.2 Å². The number of carbonyl (C=O) groups is 2. The molecule has 0 amide bonds. The summed E-state index contributed by atoms with van der Waals surface area (Å²) >= 11 is 0. The summed E-state index contributed by atoms with van der Waals surface area (Å²) in [5, 5.41) is 0. The average molecular weight is 911 g/mol. The fourth-order valence-corrected chi connectivity index (χ4v) is 6.85. The first-order chi connectivity index (χ1) is 32.6. The van der Waals surface area contributed by atoms with Crippen LogP contribution in [0.1, 0.15) is 213 Å². The van der Waals surface area contributed by atoms with Crippen molar-refractivity contribution in [3.63, 3.8) is 0 Å². The van der Waals surface area contributed by atoms with E-state index in [0.717, 1.165) is 83.5 Å². The predicted molar refractivity (Wildman–Crippen MR) is 288 cm³/mol. The van der Waals surface area contributed by atoms with Gasteiger partial charge in [0.15, 0.2) is 6.10 Å². The van der Waals surface area contributed by atoms with E-state index < -0.39 is 6.10 Å². The van der Waals surface area contributed by atoms with Gasteiger partial charge in [0.05, 0.1) is 13.0 Å². The van der Waals surface area contributed by atoms with Crippen LogP contribution in [0.2, 0.25) is 0 Å². The predicted octanol–water partition coefficient (Wildman–Crippen LogP) is 18.3. The Morgan fingerprint density at radius 2 is 0.697 bits per heavy atom. The van der Waals surface area contributed by atoms with Crippen molar-refractivity contribution >= 4 is 11.9 Å². The molecule has 0 N–H and O–H groups in total. The molecule has 5 nitrogen and oxygen atoms in total. The molecule has 0 spiro atoms. The summed E-state index contributed by atoms with van der Waals surface area (Å²) in [5.41, 5.74) is 0. The van der Waals surface area contributed by atoms with Crippen LogP contribution in [0, 0.1) is 0 Å². The normalized spacial score (nSPS) is 13.3. The van der Waals surface area contributed by atoms with Crippen LogP contribution in [-0.4, -0.2) is 37.9 Å². The fourth-order valence-electron chi connectivity index (χ4n) is 6.85. The molecule has 1 unspecified atom stereocenters. The third kappa shape index (κ3) is 52.7. The second kappa shape index (κ2) is 55.4. The Hall–Kier alpha value is -3.96. The van der Waals surface area contributed by atoms with Crippen molar-refractivity contribution in [3.05, 3.63) is 134 Å². The highest BCUT2D eigenvalue weighted by Crippen LogP contribution is 2.14. The molecule has 0 radical (unpaired) electrons. The SMILES string of the molecule is CC/C=C\C/C=C\C/C=C\C/C=C\C/C=C\C/C=C\CCC(=O)OCC(COCCCCCCCCCCCCCCCCCC)OC(=O)C/C=C\C/C=C\C/C=C\C/C=C\C/C=C\CC. The van der Waals surface area contributed by atoms with E-state index in [4.69, 9.17) is 14.2 Å². The topological polar surface area (TPSA) is 61.8 Å². The molecule has 66 heavy (non-hydrogen) atoms. The highest BCUT2D eigenvalue weighted by molar-refractivity contribution is 5.71. The van der Waals surface area contributed by atoms with Crippen molar-refractivity contribution in [2.24, 2.45) is 0 Å². The molecule has 0 fully saturated rings. The number of allylic oxidation sites excluding steroid dienone is 21. The van der Waals surface area contributed by atoms with Crippen molar-refractivity contribution in [1.29, 1.82) is 0 Å². The summed E-state index contributed by atoms with van der Waals surface area (Å²) in [6.45, 7) is 7.41. The van der Waals surface area contributed by atoms with Crippen LogP contribution in [0.25, 0.3) is 0 Å². The molecule has 0 aliphatic heterocycles. The van der Waals surface area contributed by atoms with Gasteiger partial charge in [-0.15, -0.1) is 0 Å². The van der Waals surface area contributed by atoms with E-state index in [2.05, 4.69) is 136 Å². The standard InChI is InChI=1S/C61H98O5/c1-4-7-10-13-16-19-22-25-28-30-31-32-34-36-39-42-45-48-51-54-60(62)65-58-59(57-64-56-53-50-47-44-41-38-35-29-26-23-20-17-14-11-8-5-2)66-61(63)55-52-49-46-43-40-37-33-27-24-21-18-15-12-9-6-3/h7,9-10,12,16,18-19,21,25,27-28,31-33,36,39-40,43,45,48-49,52,59H,4-6,8,11,13-15,17,20,22-24,26,29-30,34-35,37-38,41-42,44,46-47,50-51,53-58H2,1-3H3/b10-7-,12-9-,19-16-,21-18-,28-25-,32-31-,33-27-,39-36-,43-40-,48-45-,52-49-. The van der Waals surface area contributed by atoms with E-state index in [1.807, 2.05) is 18.2 Å². The molecule has 1 atom stereocenters. The number of rotatable bonds is 47. The maximum Gasteiger partial charge on any atom is 0.310 e. The third-order valence-corrected chi connectivity index (χ3v) is 10.7. The van der Waals surface area contributed by atoms with Gasteiger partial charge in [0.25, 0.3) is 0 Å². The zero-order valence-electron chi connectivity index (χ0n) is 42.7. The van der Waals surface area contributed by atoms with Gasteiger partial charge in [0, 0.05) is 13.0 Å². The second-order valence-corrected chi connectivity index (χ2v) is 17.0. The van der Waals surface area contributed by atoms with Crippen molar-refractivity contribution in [2.45, 2.75) is 219 Å². The molecule has 0 rings (SSSR count). The summed E-state index contributed by atoms with van der Waals surface area (Å²) < 4.78 is 17.2. The van der Waals surface area contributed by atoms with Gasteiger partial charge in [-0.3, -0.25) is 9.59 Å². The largest absolute Gasteiger partial charge is 0.462 e. The Bertz CT molecular complexity index is 1400. The smallest absolute Gasteiger partial charge is 0.310 e. The molecule has 0 aliphatic rings. The van der Waals surface area contributed by atoms with E-state index >= 15 is 0 Å². The molecule has 0 heterocycles. The van der Waals surface area contributed by atoms with Crippen LogP contribution in [0.4, 0.5) is 0 Å². The molecule has 0 aromatic rings. The van der Waals surface area contributed by atoms with E-state index in [-0.39, 0.29) is 38.0 Å². The van der Waals surface area contributed by atoms with Crippen LogP contribution >= 0.6 is 0 Å². The highest BCUT2D eigenvalue weighted by Gasteiger charge is 2.17. The fraction of sp³-hybridized carbons (Fsp3) is 0.607. The number of hydrogen-bond acceptors (Lipinski definition) is 5. The van der Waals surface area contributed by atoms with Gasteiger partial charge in [0.1, 0.15) is 6.61 Å². The maximum absolute atomic E-state index is 12.8. The lowest BCUT2D eigenvalue weighted by molar-refractivity contribution is -0.162. The molecule has 5 heteroatoms. The molecule has 0 aromatic heterocycles. The van der Waals surface area contributed by atoms with Crippen LogP contribution in [-0.2, 0) is 23.8 Å². The molecular weight excluding hydrogens is 813 g/mol. The number of ether oxygens (including phenoxy) is 3. The van der Waals surface area contributed by atoms with E-state index in [1.54, 1.807) is 0 Å². The van der Waals surface area contributed by atoms with Gasteiger partial charge in [-0.2, -0.15) is 0 Å². The number of carbonyl (C=O) groups excluding carboxylic acids is 2. The number of hydrogen-bond donors (Lipinski definition) is 0. The minimum Gasteiger partial charge on any atom is -0.462 e. The number of unbranched alkanes of at least 4 members (excludes halogenated alkanes) is 15. The molecular formula is C61H98O5. The zero-order valence-corrected chi connectivity index (χ0v) is 42.7. The Balaban J connectivity index is 4.51. The van der Waals surface area contributed by atoms with Crippen molar-refractivity contribution in [1.82, 2.24) is 0 Å². The van der Waals surface area contributed by atoms with Crippen molar-refractivity contribution < 1.29 is 23.8 Å². The second-order valence-electron chi connectivity index (χ2n) is 17.0. The average Bonchev–Trinajstić information content (AvgIpc) is 3.32. The summed E-state index contributed by atoms with van der Waals surface area (Å²) in [4.78, 5) is 25.3. The van der Waals surface area contributed by atoms with Crippen LogP contribution in [0.3, 0.4) is 0 Å². The Kier molecular flexibility index (Phi) is 52.0. The van der Waals surface area contributed by atoms with Gasteiger partial charge in [0.2, 0.25) is 0 Å². The molecule has 0 saturated carbocycles. The number of esters is 2. The Labute approximate surface area is 407 Å². The van der Waals surface area contributed by atoms with Gasteiger partial charge in [-0.05, 0) is 83.5 Å². The summed E-state index contributed by atoms with van der Waals surface area (Å²) in [7, 11) is 0. The molecule has 0 bridgehead atoms. The van der Waals surface area contributed by atoms with Gasteiger partial charge in [-0.1, -0.05) is 251 Å². The lowest BCUT2D eigenvalue weighted by Crippen LogP contribution is -2.29. The maximum atomic E-state index is 12.8. The quantitative estimate of drug-likeness (QED) is 0.0346. The summed E-state index contributed by atoms with van der Waals surface area (Å²) in [5.74, 6) is -0.646. The molecule has 0 aliphatic carbocycles. The molecule has 0 aromatic carbocycles. The summed E-state index contributed by atoms with van der Waals surface area (Å²) in [6, 6.07) is 0. The first-order valence-electron chi connectivity index (χ1n) is 26.7. The van der Waals surface area contributed by atoms with Crippen molar-refractivity contribution in [3.8, 4) is 0 Å². The van der Waals surface area contributed by atoms with Gasteiger partial charge in [-0.25, -0.2) is 0 Å². The van der Waals surface area contributed by atoms with Crippen LogP contribution < -0.4 is 0 Å². The summed E-state index contributed by atoms with van der Waals surface area (Å²) in [6.07, 6.45) is 79.3. The minimum atomic E-state index is -0.629. The van der Waals surface area contributed by atoms with E-state index in [1.165, 1.54) is 89.9 Å².